The molecule has 1 aromatic carbocycles. The van der Waals surface area contributed by atoms with Crippen LogP contribution < -0.4 is 0 Å². The van der Waals surface area contributed by atoms with Gasteiger partial charge in [0.25, 0.3) is 10.0 Å². The van der Waals surface area contributed by atoms with Gasteiger partial charge in [0.05, 0.1) is 0 Å². The second-order valence-corrected chi connectivity index (χ2v) is 11.3. The SMILES string of the molecule is O=S(=O)(c1cccs1)N(Cc1cccnc1)C1CCN(CCc2ccc(Cl)cc2)CC1. The highest BCUT2D eigenvalue weighted by atomic mass is 35.5. The van der Waals surface area contributed by atoms with Crippen LogP contribution in [0.3, 0.4) is 0 Å². The van der Waals surface area contributed by atoms with E-state index < -0.39 is 10.0 Å². The number of aromatic nitrogens is 1. The van der Waals surface area contributed by atoms with Crippen molar-refractivity contribution < 1.29 is 8.42 Å². The fourth-order valence-corrected chi connectivity index (χ4v) is 6.90. The summed E-state index contributed by atoms with van der Waals surface area (Å²) >= 11 is 7.25. The summed E-state index contributed by atoms with van der Waals surface area (Å²) in [5, 5.41) is 2.57. The van der Waals surface area contributed by atoms with Gasteiger partial charge in [-0.1, -0.05) is 35.9 Å². The summed E-state index contributed by atoms with van der Waals surface area (Å²) in [7, 11) is -3.54. The first kappa shape index (κ1) is 22.4. The van der Waals surface area contributed by atoms with Crippen LogP contribution in [0.25, 0.3) is 0 Å². The van der Waals surface area contributed by atoms with Crippen molar-refractivity contribution in [2.75, 3.05) is 19.6 Å². The Morgan fingerprint density at radius 1 is 1.06 bits per heavy atom. The Kier molecular flexibility index (Phi) is 7.40. The van der Waals surface area contributed by atoms with Gasteiger partial charge in [-0.05, 0) is 73.1 Å². The molecule has 1 fully saturated rings. The molecule has 8 heteroatoms. The predicted octanol–water partition coefficient (Wildman–Crippen LogP) is 4.69. The number of hydrogen-bond acceptors (Lipinski definition) is 5. The molecular weight excluding hydrogens is 450 g/mol. The molecule has 0 saturated carbocycles. The molecular formula is C23H26ClN3O2S2. The van der Waals surface area contributed by atoms with E-state index in [1.807, 2.05) is 29.6 Å². The lowest BCUT2D eigenvalue weighted by Crippen LogP contribution is -2.47. The lowest BCUT2D eigenvalue weighted by molar-refractivity contribution is 0.157. The number of sulfonamides is 1. The summed E-state index contributed by atoms with van der Waals surface area (Å²) in [5.41, 5.74) is 2.18. The van der Waals surface area contributed by atoms with Gasteiger partial charge < -0.3 is 4.90 Å². The van der Waals surface area contributed by atoms with Crippen LogP contribution in [0.1, 0.15) is 24.0 Å². The third-order valence-electron chi connectivity index (χ3n) is 5.71. The van der Waals surface area contributed by atoms with Crippen LogP contribution in [0.5, 0.6) is 0 Å². The maximum absolute atomic E-state index is 13.4. The topological polar surface area (TPSA) is 53.5 Å². The van der Waals surface area contributed by atoms with Crippen LogP contribution in [0.15, 0.2) is 70.5 Å². The van der Waals surface area contributed by atoms with Crippen molar-refractivity contribution in [1.29, 1.82) is 0 Å². The maximum atomic E-state index is 13.4. The Morgan fingerprint density at radius 2 is 1.84 bits per heavy atom. The summed E-state index contributed by atoms with van der Waals surface area (Å²) < 4.78 is 28.9. The molecule has 0 bridgehead atoms. The van der Waals surface area contributed by atoms with E-state index in [1.54, 1.807) is 28.8 Å². The fraction of sp³-hybridized carbons (Fsp3) is 0.348. The minimum absolute atomic E-state index is 0.0147. The number of thiophene rings is 1. The predicted molar refractivity (Wildman–Crippen MR) is 126 cm³/mol. The Hall–Kier alpha value is -1.77. The molecule has 0 amide bonds. The molecule has 0 aliphatic carbocycles. The van der Waals surface area contributed by atoms with Gasteiger partial charge in [-0.25, -0.2) is 8.42 Å². The average molecular weight is 476 g/mol. The number of pyridine rings is 1. The molecule has 3 aromatic rings. The van der Waals surface area contributed by atoms with Crippen LogP contribution in [-0.2, 0) is 23.0 Å². The van der Waals surface area contributed by atoms with Crippen molar-refractivity contribution in [2.24, 2.45) is 0 Å². The number of piperidine rings is 1. The van der Waals surface area contributed by atoms with Gasteiger partial charge in [0, 0.05) is 36.5 Å². The molecule has 31 heavy (non-hydrogen) atoms. The number of nitrogens with zero attached hydrogens (tertiary/aromatic N) is 3. The molecule has 0 radical (unpaired) electrons. The molecule has 0 spiro atoms. The van der Waals surface area contributed by atoms with E-state index in [0.29, 0.717) is 10.8 Å². The molecule has 1 aliphatic rings. The highest BCUT2D eigenvalue weighted by Crippen LogP contribution is 2.28. The standard InChI is InChI=1S/C23H26ClN3O2S2/c24-21-7-5-19(6-8-21)9-13-26-14-10-22(11-15-26)27(18-20-3-1-12-25-17-20)31(28,29)23-4-2-16-30-23/h1-8,12,16-17,22H,9-11,13-15,18H2. The molecule has 0 unspecified atom stereocenters. The van der Waals surface area contributed by atoms with Crippen molar-refractivity contribution in [3.63, 3.8) is 0 Å². The number of halogens is 1. The first-order valence-corrected chi connectivity index (χ1v) is 13.1. The average Bonchev–Trinajstić information content (AvgIpc) is 3.34. The largest absolute Gasteiger partial charge is 0.303 e. The van der Waals surface area contributed by atoms with Crippen LogP contribution in [0.2, 0.25) is 5.02 Å². The van der Waals surface area contributed by atoms with Gasteiger partial charge >= 0.3 is 0 Å². The first-order chi connectivity index (χ1) is 15.0. The summed E-state index contributed by atoms with van der Waals surface area (Å²) in [6, 6.07) is 15.2. The Balaban J connectivity index is 1.42. The zero-order valence-electron chi connectivity index (χ0n) is 17.2. The van der Waals surface area contributed by atoms with E-state index in [4.69, 9.17) is 11.6 Å². The lowest BCUT2D eigenvalue weighted by atomic mass is 10.0. The number of benzene rings is 1. The minimum atomic E-state index is -3.54. The van der Waals surface area contributed by atoms with Crippen molar-refractivity contribution in [2.45, 2.75) is 36.1 Å². The summed E-state index contributed by atoms with van der Waals surface area (Å²) in [6.07, 6.45) is 6.07. The lowest BCUT2D eigenvalue weighted by Gasteiger charge is -2.37. The monoisotopic (exact) mass is 475 g/mol. The Labute approximate surface area is 193 Å². The third kappa shape index (κ3) is 5.73. The van der Waals surface area contributed by atoms with Crippen LogP contribution >= 0.6 is 22.9 Å². The Morgan fingerprint density at radius 3 is 2.48 bits per heavy atom. The second-order valence-electron chi connectivity index (χ2n) is 7.79. The van der Waals surface area contributed by atoms with Gasteiger partial charge in [-0.2, -0.15) is 4.31 Å². The van der Waals surface area contributed by atoms with Crippen LogP contribution in [-0.4, -0.2) is 48.3 Å². The number of rotatable bonds is 8. The van der Waals surface area contributed by atoms with Crippen molar-refractivity contribution in [3.05, 3.63) is 82.5 Å². The third-order valence-corrected chi connectivity index (χ3v) is 9.24. The summed E-state index contributed by atoms with van der Waals surface area (Å²) in [4.78, 5) is 6.58. The number of hydrogen-bond donors (Lipinski definition) is 0. The van der Waals surface area contributed by atoms with Gasteiger partial charge in [0.15, 0.2) is 0 Å². The van der Waals surface area contributed by atoms with E-state index in [-0.39, 0.29) is 6.04 Å². The Bertz CT molecular complexity index is 1050. The molecule has 164 valence electrons. The van der Waals surface area contributed by atoms with Gasteiger partial charge in [0.1, 0.15) is 4.21 Å². The summed E-state index contributed by atoms with van der Waals surface area (Å²) in [6.45, 7) is 3.10. The molecule has 2 aromatic heterocycles. The van der Waals surface area contributed by atoms with Gasteiger partial charge in [0.2, 0.25) is 0 Å². The normalized spacial score (nSPS) is 16.1. The van der Waals surface area contributed by atoms with Crippen molar-refractivity contribution >= 4 is 33.0 Å². The van der Waals surface area contributed by atoms with E-state index in [1.165, 1.54) is 16.9 Å². The fourth-order valence-electron chi connectivity index (χ4n) is 3.98. The molecule has 1 aliphatic heterocycles. The van der Waals surface area contributed by atoms with E-state index in [0.717, 1.165) is 49.5 Å². The second kappa shape index (κ2) is 10.2. The highest BCUT2D eigenvalue weighted by molar-refractivity contribution is 7.91. The molecule has 0 atom stereocenters. The molecule has 0 N–H and O–H groups in total. The molecule has 4 rings (SSSR count). The minimum Gasteiger partial charge on any atom is -0.303 e. The highest BCUT2D eigenvalue weighted by Gasteiger charge is 2.34. The smallest absolute Gasteiger partial charge is 0.253 e. The number of likely N-dealkylation sites (tertiary alicyclic amines) is 1. The molecule has 5 nitrogen and oxygen atoms in total. The zero-order valence-corrected chi connectivity index (χ0v) is 19.6. The molecule has 1 saturated heterocycles. The zero-order chi connectivity index (χ0) is 21.7. The first-order valence-electron chi connectivity index (χ1n) is 10.4. The maximum Gasteiger partial charge on any atom is 0.253 e. The summed E-state index contributed by atoms with van der Waals surface area (Å²) in [5.74, 6) is 0. The van der Waals surface area contributed by atoms with Gasteiger partial charge in [-0.3, -0.25) is 4.98 Å². The van der Waals surface area contributed by atoms with Gasteiger partial charge in [-0.15, -0.1) is 11.3 Å². The van der Waals surface area contributed by atoms with E-state index in [2.05, 4.69) is 22.0 Å². The van der Waals surface area contributed by atoms with E-state index >= 15 is 0 Å². The van der Waals surface area contributed by atoms with Crippen molar-refractivity contribution in [3.8, 4) is 0 Å². The van der Waals surface area contributed by atoms with Crippen LogP contribution in [0.4, 0.5) is 0 Å². The van der Waals surface area contributed by atoms with Crippen LogP contribution in [0, 0.1) is 0 Å². The molecule has 3 heterocycles. The van der Waals surface area contributed by atoms with E-state index in [9.17, 15) is 8.42 Å². The quantitative estimate of drug-likeness (QED) is 0.474. The van der Waals surface area contributed by atoms with Crippen molar-refractivity contribution in [1.82, 2.24) is 14.2 Å².